The second-order valence-electron chi connectivity index (χ2n) is 9.72. The SMILES string of the molecule is CC(C)(C)OC(=O)N(C(=O)OC(C)(C)C)c1cc(/C=N/[S@@](=O)C(C)(C)C)c(Cl)cc1F. The Hall–Kier alpha value is -2.00. The molecule has 1 atom stereocenters. The molecule has 0 aromatic heterocycles. The van der Waals surface area contributed by atoms with Gasteiger partial charge in [-0.05, 0) is 74.4 Å². The molecule has 0 bridgehead atoms. The molecule has 2 amide bonds. The van der Waals surface area contributed by atoms with Gasteiger partial charge in [-0.2, -0.15) is 9.30 Å². The first-order chi connectivity index (χ1) is 13.8. The highest BCUT2D eigenvalue weighted by atomic mass is 35.5. The van der Waals surface area contributed by atoms with Crippen LogP contribution < -0.4 is 4.90 Å². The van der Waals surface area contributed by atoms with Gasteiger partial charge < -0.3 is 9.47 Å². The van der Waals surface area contributed by atoms with Crippen molar-refractivity contribution >= 4 is 46.7 Å². The van der Waals surface area contributed by atoms with Crippen molar-refractivity contribution in [3.8, 4) is 0 Å². The summed E-state index contributed by atoms with van der Waals surface area (Å²) in [6.07, 6.45) is -1.04. The number of imide groups is 1. The van der Waals surface area contributed by atoms with Gasteiger partial charge in [0.15, 0.2) is 0 Å². The van der Waals surface area contributed by atoms with Crippen LogP contribution in [0.5, 0.6) is 0 Å². The van der Waals surface area contributed by atoms with Gasteiger partial charge in [0.1, 0.15) is 28.0 Å². The van der Waals surface area contributed by atoms with E-state index in [0.717, 1.165) is 12.1 Å². The molecule has 0 N–H and O–H groups in total. The van der Waals surface area contributed by atoms with E-state index >= 15 is 0 Å². The second-order valence-corrected chi connectivity index (χ2v) is 12.1. The Morgan fingerprint density at radius 2 is 1.45 bits per heavy atom. The number of hydrogen-bond donors (Lipinski definition) is 0. The van der Waals surface area contributed by atoms with Crippen molar-refractivity contribution in [2.75, 3.05) is 4.90 Å². The Labute approximate surface area is 190 Å². The Morgan fingerprint density at radius 3 is 1.84 bits per heavy atom. The van der Waals surface area contributed by atoms with E-state index in [2.05, 4.69) is 4.40 Å². The van der Waals surface area contributed by atoms with Crippen molar-refractivity contribution < 1.29 is 27.7 Å². The van der Waals surface area contributed by atoms with E-state index in [0.29, 0.717) is 4.90 Å². The van der Waals surface area contributed by atoms with E-state index < -0.39 is 50.6 Å². The van der Waals surface area contributed by atoms with Crippen LogP contribution in [0.2, 0.25) is 5.02 Å². The van der Waals surface area contributed by atoms with Crippen LogP contribution in [-0.4, -0.2) is 38.6 Å². The zero-order valence-electron chi connectivity index (χ0n) is 19.3. The van der Waals surface area contributed by atoms with Crippen LogP contribution in [0.1, 0.15) is 67.9 Å². The Bertz CT molecular complexity index is 871. The van der Waals surface area contributed by atoms with Gasteiger partial charge in [0.25, 0.3) is 0 Å². The summed E-state index contributed by atoms with van der Waals surface area (Å²) in [5.74, 6) is -0.948. The van der Waals surface area contributed by atoms with E-state index in [4.69, 9.17) is 21.1 Å². The van der Waals surface area contributed by atoms with Crippen molar-refractivity contribution in [2.24, 2.45) is 4.40 Å². The zero-order chi connectivity index (χ0) is 24.4. The lowest BCUT2D eigenvalue weighted by Crippen LogP contribution is -2.44. The summed E-state index contributed by atoms with van der Waals surface area (Å²) < 4.78 is 40.9. The second kappa shape index (κ2) is 9.65. The third-order valence-corrected chi connectivity index (χ3v) is 4.94. The average Bonchev–Trinajstić information content (AvgIpc) is 2.51. The summed E-state index contributed by atoms with van der Waals surface area (Å²) in [6.45, 7) is 14.9. The number of hydrogen-bond acceptors (Lipinski definition) is 5. The maximum Gasteiger partial charge on any atom is 0.424 e. The summed E-state index contributed by atoms with van der Waals surface area (Å²) in [7, 11) is -1.59. The minimum Gasteiger partial charge on any atom is -0.443 e. The maximum atomic E-state index is 14.8. The van der Waals surface area contributed by atoms with E-state index in [-0.39, 0.29) is 10.6 Å². The largest absolute Gasteiger partial charge is 0.443 e. The molecule has 0 unspecified atom stereocenters. The number of anilines is 1. The van der Waals surface area contributed by atoms with Gasteiger partial charge in [-0.15, -0.1) is 0 Å². The normalized spacial score (nSPS) is 13.8. The first-order valence-electron chi connectivity index (χ1n) is 9.53. The molecule has 0 aliphatic carbocycles. The van der Waals surface area contributed by atoms with Crippen LogP contribution in [-0.2, 0) is 20.5 Å². The standard InChI is InChI=1S/C21H30ClFN2O5S/c1-19(2,3)29-17(26)25(18(27)30-20(4,5)6)16-10-13(14(22)11-15(16)23)12-24-31(28)21(7,8)9/h10-12H,1-9H3/b24-12+/t31-/m0/s1. The molecular formula is C21H30ClFN2O5S. The molecule has 7 nitrogen and oxygen atoms in total. The van der Waals surface area contributed by atoms with Gasteiger partial charge in [0, 0.05) is 11.8 Å². The van der Waals surface area contributed by atoms with Gasteiger partial charge in [0.2, 0.25) is 0 Å². The van der Waals surface area contributed by atoms with Gasteiger partial charge in [-0.1, -0.05) is 11.6 Å². The fourth-order valence-corrected chi connectivity index (χ4v) is 2.70. The maximum absolute atomic E-state index is 14.8. The van der Waals surface area contributed by atoms with Crippen LogP contribution in [0, 0.1) is 5.82 Å². The number of benzene rings is 1. The highest BCUT2D eigenvalue weighted by molar-refractivity contribution is 7.85. The lowest BCUT2D eigenvalue weighted by molar-refractivity contribution is 0.0429. The fourth-order valence-electron chi connectivity index (χ4n) is 1.97. The quantitative estimate of drug-likeness (QED) is 0.496. The van der Waals surface area contributed by atoms with E-state index in [1.165, 1.54) is 6.21 Å². The van der Waals surface area contributed by atoms with Crippen LogP contribution in [0.25, 0.3) is 0 Å². The molecule has 1 aromatic rings. The van der Waals surface area contributed by atoms with Crippen LogP contribution >= 0.6 is 11.6 Å². The number of rotatable bonds is 3. The zero-order valence-corrected chi connectivity index (χ0v) is 20.9. The minimum absolute atomic E-state index is 0.0377. The van der Waals surface area contributed by atoms with E-state index in [1.807, 2.05) is 0 Å². The van der Waals surface area contributed by atoms with E-state index in [9.17, 15) is 18.2 Å². The topological polar surface area (TPSA) is 85.3 Å². The lowest BCUT2D eigenvalue weighted by Gasteiger charge is -2.29. The summed E-state index contributed by atoms with van der Waals surface area (Å²) >= 11 is 6.09. The highest BCUT2D eigenvalue weighted by Crippen LogP contribution is 2.29. The molecule has 0 saturated carbocycles. The molecule has 31 heavy (non-hydrogen) atoms. The summed E-state index contributed by atoms with van der Waals surface area (Å²) in [6, 6.07) is 2.08. The molecule has 0 heterocycles. The third-order valence-electron chi connectivity index (χ3n) is 3.27. The number of carbonyl (C=O) groups excluding carboxylic acids is 2. The highest BCUT2D eigenvalue weighted by Gasteiger charge is 2.34. The molecular weight excluding hydrogens is 447 g/mol. The Balaban J connectivity index is 3.53. The van der Waals surface area contributed by atoms with Crippen molar-refractivity contribution in [3.63, 3.8) is 0 Å². The summed E-state index contributed by atoms with van der Waals surface area (Å²) in [5, 5.41) is -0.0377. The Morgan fingerprint density at radius 1 is 1.00 bits per heavy atom. The number of amides is 2. The molecule has 0 aliphatic heterocycles. The van der Waals surface area contributed by atoms with Crippen molar-refractivity contribution in [3.05, 3.63) is 28.5 Å². The van der Waals surface area contributed by atoms with Crippen molar-refractivity contribution in [1.29, 1.82) is 0 Å². The summed E-state index contributed by atoms with van der Waals surface area (Å²) in [5.41, 5.74) is -2.17. The molecule has 10 heteroatoms. The van der Waals surface area contributed by atoms with Gasteiger partial charge >= 0.3 is 12.2 Å². The third kappa shape index (κ3) is 8.57. The lowest BCUT2D eigenvalue weighted by atomic mass is 10.2. The van der Waals surface area contributed by atoms with E-state index in [1.54, 1.807) is 62.3 Å². The molecule has 0 radical (unpaired) electrons. The molecule has 1 aromatic carbocycles. The Kier molecular flexibility index (Phi) is 8.41. The monoisotopic (exact) mass is 476 g/mol. The van der Waals surface area contributed by atoms with Crippen molar-refractivity contribution in [2.45, 2.75) is 78.3 Å². The first-order valence-corrected chi connectivity index (χ1v) is 11.0. The summed E-state index contributed by atoms with van der Waals surface area (Å²) in [4.78, 5) is 26.0. The van der Waals surface area contributed by atoms with Crippen LogP contribution in [0.3, 0.4) is 0 Å². The average molecular weight is 477 g/mol. The number of halogens is 2. The number of carbonyl (C=O) groups is 2. The fraction of sp³-hybridized carbons (Fsp3) is 0.571. The van der Waals surface area contributed by atoms with Gasteiger partial charge in [-0.25, -0.2) is 18.2 Å². The molecule has 174 valence electrons. The first kappa shape index (κ1) is 27.0. The number of ether oxygens (including phenoxy) is 2. The molecule has 0 fully saturated rings. The smallest absolute Gasteiger partial charge is 0.424 e. The predicted molar refractivity (Wildman–Crippen MR) is 122 cm³/mol. The number of nitrogens with zero attached hydrogens (tertiary/aromatic N) is 2. The van der Waals surface area contributed by atoms with Gasteiger partial charge in [0.05, 0.1) is 15.5 Å². The molecule has 0 spiro atoms. The molecule has 0 aliphatic rings. The van der Waals surface area contributed by atoms with Crippen molar-refractivity contribution in [1.82, 2.24) is 0 Å². The molecule has 1 rings (SSSR count). The van der Waals surface area contributed by atoms with Crippen LogP contribution in [0.15, 0.2) is 16.5 Å². The van der Waals surface area contributed by atoms with Gasteiger partial charge in [-0.3, -0.25) is 0 Å². The predicted octanol–water partition coefficient (Wildman–Crippen LogP) is 6.04. The van der Waals surface area contributed by atoms with Crippen LogP contribution in [0.4, 0.5) is 19.7 Å². The minimum atomic E-state index is -1.59. The molecule has 0 saturated heterocycles.